The van der Waals surface area contributed by atoms with Gasteiger partial charge in [-0.25, -0.2) is 9.37 Å². The highest BCUT2D eigenvalue weighted by molar-refractivity contribution is 7.98. The van der Waals surface area contributed by atoms with Crippen molar-refractivity contribution < 1.29 is 4.39 Å². The van der Waals surface area contributed by atoms with Crippen LogP contribution in [0, 0.1) is 5.82 Å². The molecular weight excluding hydrogens is 265 g/mol. The minimum Gasteiger partial charge on any atom is -0.248 e. The third-order valence-electron chi connectivity index (χ3n) is 1.89. The highest BCUT2D eigenvalue weighted by Crippen LogP contribution is 2.25. The average Bonchev–Trinajstić information content (AvgIpc) is 2.74. The van der Waals surface area contributed by atoms with Gasteiger partial charge in [0.1, 0.15) is 10.8 Å². The lowest BCUT2D eigenvalue weighted by molar-refractivity contribution is 0.624. The van der Waals surface area contributed by atoms with E-state index in [2.05, 4.69) is 4.98 Å². The van der Waals surface area contributed by atoms with Gasteiger partial charge in [-0.3, -0.25) is 0 Å². The molecule has 0 aliphatic carbocycles. The lowest BCUT2D eigenvalue weighted by atomic mass is 10.4. The van der Waals surface area contributed by atoms with Gasteiger partial charge in [0.2, 0.25) is 0 Å². The van der Waals surface area contributed by atoms with E-state index in [-0.39, 0.29) is 5.82 Å². The number of nitrogens with zero attached hydrogens (tertiary/aromatic N) is 1. The maximum absolute atomic E-state index is 12.9. The van der Waals surface area contributed by atoms with Gasteiger partial charge in [-0.1, -0.05) is 6.07 Å². The Morgan fingerprint density at radius 3 is 3.00 bits per heavy atom. The van der Waals surface area contributed by atoms with Crippen molar-refractivity contribution in [1.29, 1.82) is 0 Å². The molecule has 0 N–H and O–H groups in total. The van der Waals surface area contributed by atoms with Crippen LogP contribution in [0.1, 0.15) is 9.88 Å². The maximum atomic E-state index is 12.9. The summed E-state index contributed by atoms with van der Waals surface area (Å²) < 4.78 is 12.9. The second kappa shape index (κ2) is 5.66. The Bertz CT molecular complexity index is 473. The summed E-state index contributed by atoms with van der Waals surface area (Å²) in [6.07, 6.45) is 1.79. The van der Waals surface area contributed by atoms with Crippen molar-refractivity contribution in [3.63, 3.8) is 0 Å². The molecular formula is C11H9ClFNS2. The summed E-state index contributed by atoms with van der Waals surface area (Å²) >= 11 is 8.87. The van der Waals surface area contributed by atoms with Gasteiger partial charge in [0.25, 0.3) is 0 Å². The van der Waals surface area contributed by atoms with E-state index >= 15 is 0 Å². The molecule has 0 spiro atoms. The van der Waals surface area contributed by atoms with E-state index in [1.54, 1.807) is 35.4 Å². The van der Waals surface area contributed by atoms with Crippen molar-refractivity contribution in [3.8, 4) is 0 Å². The van der Waals surface area contributed by atoms with Crippen LogP contribution >= 0.6 is 34.7 Å². The van der Waals surface area contributed by atoms with Crippen molar-refractivity contribution in [3.05, 3.63) is 46.2 Å². The van der Waals surface area contributed by atoms with E-state index in [1.807, 2.05) is 6.07 Å². The molecule has 0 fully saturated rings. The molecule has 1 aromatic carbocycles. The van der Waals surface area contributed by atoms with Crippen LogP contribution in [0.15, 0.2) is 35.4 Å². The van der Waals surface area contributed by atoms with Crippen LogP contribution in [0.2, 0.25) is 0 Å². The second-order valence-electron chi connectivity index (χ2n) is 3.10. The first kappa shape index (κ1) is 11.9. The number of thiazole rings is 1. The van der Waals surface area contributed by atoms with Gasteiger partial charge in [-0.05, 0) is 18.2 Å². The predicted molar refractivity (Wildman–Crippen MR) is 67.6 cm³/mol. The molecule has 0 aliphatic rings. The molecule has 0 aliphatic heterocycles. The molecule has 84 valence electrons. The first-order valence-corrected chi connectivity index (χ1v) is 6.99. The Balaban J connectivity index is 1.96. The molecule has 2 aromatic rings. The number of rotatable bonds is 4. The SMILES string of the molecule is Fc1cccc(SCc2ncc(CCl)s2)c1. The van der Waals surface area contributed by atoms with E-state index in [0.29, 0.717) is 5.88 Å². The van der Waals surface area contributed by atoms with Crippen LogP contribution < -0.4 is 0 Å². The van der Waals surface area contributed by atoms with Crippen LogP contribution in [-0.4, -0.2) is 4.98 Å². The van der Waals surface area contributed by atoms with E-state index < -0.39 is 0 Å². The minimum absolute atomic E-state index is 0.203. The Morgan fingerprint density at radius 1 is 1.44 bits per heavy atom. The van der Waals surface area contributed by atoms with Gasteiger partial charge in [-0.2, -0.15) is 0 Å². The highest BCUT2D eigenvalue weighted by atomic mass is 35.5. The van der Waals surface area contributed by atoms with E-state index in [9.17, 15) is 4.39 Å². The largest absolute Gasteiger partial charge is 0.248 e. The monoisotopic (exact) mass is 273 g/mol. The smallest absolute Gasteiger partial charge is 0.124 e. The normalized spacial score (nSPS) is 10.6. The Kier molecular flexibility index (Phi) is 4.21. The Morgan fingerprint density at radius 2 is 2.31 bits per heavy atom. The topological polar surface area (TPSA) is 12.9 Å². The number of aromatic nitrogens is 1. The number of halogens is 2. The molecule has 0 bridgehead atoms. The molecule has 5 heteroatoms. The predicted octanol–water partition coefficient (Wildman–Crippen LogP) is 4.31. The number of thioether (sulfide) groups is 1. The average molecular weight is 274 g/mol. The zero-order valence-corrected chi connectivity index (χ0v) is 10.7. The fraction of sp³-hybridized carbons (Fsp3) is 0.182. The van der Waals surface area contributed by atoms with Crippen LogP contribution in [-0.2, 0) is 11.6 Å². The third-order valence-corrected chi connectivity index (χ3v) is 4.52. The standard InChI is InChI=1S/C11H9ClFNS2/c12-5-10-6-14-11(16-10)7-15-9-3-1-2-8(13)4-9/h1-4,6H,5,7H2. The minimum atomic E-state index is -0.203. The van der Waals surface area contributed by atoms with Gasteiger partial charge in [0.05, 0.1) is 11.6 Å². The van der Waals surface area contributed by atoms with Crippen LogP contribution in [0.5, 0.6) is 0 Å². The first-order chi connectivity index (χ1) is 7.78. The number of alkyl halides is 1. The lowest BCUT2D eigenvalue weighted by Crippen LogP contribution is -1.79. The fourth-order valence-electron chi connectivity index (χ4n) is 1.18. The molecule has 2 rings (SSSR count). The quantitative estimate of drug-likeness (QED) is 0.608. The molecule has 0 unspecified atom stereocenters. The summed E-state index contributed by atoms with van der Waals surface area (Å²) in [5.74, 6) is 1.05. The zero-order chi connectivity index (χ0) is 11.4. The molecule has 16 heavy (non-hydrogen) atoms. The summed E-state index contributed by atoms with van der Waals surface area (Å²) in [5.41, 5.74) is 0. The molecule has 0 saturated carbocycles. The van der Waals surface area contributed by atoms with Gasteiger partial charge in [0.15, 0.2) is 0 Å². The first-order valence-electron chi connectivity index (χ1n) is 4.66. The lowest BCUT2D eigenvalue weighted by Gasteiger charge is -1.98. The molecule has 0 amide bonds. The summed E-state index contributed by atoms with van der Waals surface area (Å²) in [6, 6.07) is 6.58. The van der Waals surface area contributed by atoms with Gasteiger partial charge in [0, 0.05) is 16.0 Å². The summed E-state index contributed by atoms with van der Waals surface area (Å²) in [5, 5.41) is 1.02. The van der Waals surface area contributed by atoms with Gasteiger partial charge >= 0.3 is 0 Å². The van der Waals surface area contributed by atoms with Crippen molar-refractivity contribution in [2.45, 2.75) is 16.5 Å². The van der Waals surface area contributed by atoms with Gasteiger partial charge < -0.3 is 0 Å². The number of hydrogen-bond donors (Lipinski definition) is 0. The molecule has 1 aromatic heterocycles. The maximum Gasteiger partial charge on any atom is 0.124 e. The summed E-state index contributed by atoms with van der Waals surface area (Å²) in [4.78, 5) is 6.23. The van der Waals surface area contributed by atoms with Crippen molar-refractivity contribution in [2.75, 3.05) is 0 Å². The summed E-state index contributed by atoms with van der Waals surface area (Å²) in [7, 11) is 0. The van der Waals surface area contributed by atoms with Crippen LogP contribution in [0.4, 0.5) is 4.39 Å². The fourth-order valence-corrected chi connectivity index (χ4v) is 3.13. The summed E-state index contributed by atoms with van der Waals surface area (Å²) in [6.45, 7) is 0. The van der Waals surface area contributed by atoms with Crippen molar-refractivity contribution in [1.82, 2.24) is 4.98 Å². The molecule has 0 radical (unpaired) electrons. The van der Waals surface area contributed by atoms with Crippen molar-refractivity contribution in [2.24, 2.45) is 0 Å². The second-order valence-corrected chi connectivity index (χ2v) is 5.62. The van der Waals surface area contributed by atoms with E-state index in [0.717, 1.165) is 20.5 Å². The Hall–Kier alpha value is -0.580. The number of hydrogen-bond acceptors (Lipinski definition) is 3. The van der Waals surface area contributed by atoms with Crippen LogP contribution in [0.25, 0.3) is 0 Å². The molecule has 1 nitrogen and oxygen atoms in total. The van der Waals surface area contributed by atoms with E-state index in [1.165, 1.54) is 12.1 Å². The molecule has 0 saturated heterocycles. The van der Waals surface area contributed by atoms with Crippen molar-refractivity contribution >= 4 is 34.7 Å². The van der Waals surface area contributed by atoms with Gasteiger partial charge in [-0.15, -0.1) is 34.7 Å². The highest BCUT2D eigenvalue weighted by Gasteiger charge is 2.02. The Labute approximate surface area is 107 Å². The number of benzene rings is 1. The zero-order valence-electron chi connectivity index (χ0n) is 8.32. The third kappa shape index (κ3) is 3.20. The molecule has 1 heterocycles. The van der Waals surface area contributed by atoms with E-state index in [4.69, 9.17) is 11.6 Å². The van der Waals surface area contributed by atoms with Crippen LogP contribution in [0.3, 0.4) is 0 Å². The molecule has 0 atom stereocenters.